The summed E-state index contributed by atoms with van der Waals surface area (Å²) in [5, 5.41) is -0.377. The number of aromatic nitrogens is 2. The van der Waals surface area contributed by atoms with Crippen molar-refractivity contribution in [3.05, 3.63) is 89.0 Å². The molecule has 0 aliphatic carbocycles. The monoisotopic (exact) mass is 538 g/mol. The minimum absolute atomic E-state index is 0. The van der Waals surface area contributed by atoms with Crippen LogP contribution in [0.25, 0.3) is 11.3 Å². The van der Waals surface area contributed by atoms with E-state index in [-0.39, 0.29) is 26.6 Å². The summed E-state index contributed by atoms with van der Waals surface area (Å²) in [4.78, 5) is 21.6. The maximum absolute atomic E-state index is 13.2. The molecule has 0 fully saturated rings. The highest BCUT2D eigenvalue weighted by Gasteiger charge is 2.25. The average molecular weight is 539 g/mol. The van der Waals surface area contributed by atoms with Gasteiger partial charge in [0.1, 0.15) is 22.9 Å². The van der Waals surface area contributed by atoms with Gasteiger partial charge in [-0.25, -0.2) is 14.7 Å². The first-order valence-electron chi connectivity index (χ1n) is 11.9. The van der Waals surface area contributed by atoms with Crippen molar-refractivity contribution in [1.82, 2.24) is 14.7 Å². The van der Waals surface area contributed by atoms with Gasteiger partial charge in [0.25, 0.3) is 15.9 Å². The van der Waals surface area contributed by atoms with Crippen molar-refractivity contribution in [2.45, 2.75) is 32.7 Å². The number of nitrogen functional groups attached to an aromatic ring is 1. The third-order valence-corrected chi connectivity index (χ3v) is 6.85. The average Bonchev–Trinajstić information content (AvgIpc) is 2.86. The van der Waals surface area contributed by atoms with Crippen LogP contribution in [0.15, 0.2) is 71.8 Å². The first-order chi connectivity index (χ1) is 18.1. The molecule has 0 bridgehead atoms. The maximum Gasteiger partial charge on any atom is 0.281 e. The fourth-order valence-corrected chi connectivity index (χ4v) is 4.92. The lowest BCUT2D eigenvalue weighted by molar-refractivity contribution is 0.0978. The number of benzene rings is 2. The number of carbonyl (C=O) groups is 1. The van der Waals surface area contributed by atoms with Crippen LogP contribution in [0.4, 0.5) is 5.82 Å². The lowest BCUT2D eigenvalue weighted by atomic mass is 10.1. The van der Waals surface area contributed by atoms with Crippen LogP contribution in [-0.2, 0) is 10.0 Å². The Morgan fingerprint density at radius 2 is 1.66 bits per heavy atom. The predicted octanol–water partition coefficient (Wildman–Crippen LogP) is 5.70. The molecule has 0 aliphatic rings. The molecule has 0 saturated carbocycles. The molecular weight excluding hydrogens is 504 g/mol. The third-order valence-electron chi connectivity index (χ3n) is 5.62. The van der Waals surface area contributed by atoms with Crippen molar-refractivity contribution in [2.24, 2.45) is 0 Å². The number of ether oxygens (including phenoxy) is 2. The number of nitrogens with one attached hydrogen (secondary N) is 1. The number of sulfonamides is 1. The quantitative estimate of drug-likeness (QED) is 0.292. The van der Waals surface area contributed by atoms with E-state index in [2.05, 4.69) is 9.97 Å². The molecule has 4 aromatic rings. The fourth-order valence-electron chi connectivity index (χ4n) is 3.97. The molecule has 0 spiro atoms. The molecule has 38 heavy (non-hydrogen) atoms. The van der Waals surface area contributed by atoms with Crippen molar-refractivity contribution in [3.63, 3.8) is 0 Å². The Bertz CT molecular complexity index is 1590. The summed E-state index contributed by atoms with van der Waals surface area (Å²) in [5.41, 5.74) is 9.60. The topological polar surface area (TPSA) is 134 Å². The molecular formula is C28H34N4O5S. The van der Waals surface area contributed by atoms with E-state index < -0.39 is 15.9 Å². The first-order valence-corrected chi connectivity index (χ1v) is 13.4. The normalized spacial score (nSPS) is 11.2. The highest BCUT2D eigenvalue weighted by molar-refractivity contribution is 7.90. The van der Waals surface area contributed by atoms with Gasteiger partial charge in [-0.3, -0.25) is 4.79 Å². The number of hydrogen-bond acceptors (Lipinski definition) is 8. The van der Waals surface area contributed by atoms with Crippen LogP contribution in [-0.4, -0.2) is 30.9 Å². The molecule has 3 N–H and O–H groups in total. The van der Waals surface area contributed by atoms with Crippen LogP contribution in [0, 0.1) is 20.8 Å². The number of anilines is 1. The van der Waals surface area contributed by atoms with Crippen LogP contribution in [0.2, 0.25) is 0 Å². The van der Waals surface area contributed by atoms with Crippen LogP contribution < -0.4 is 19.9 Å². The minimum Gasteiger partial charge on any atom is -0.494 e. The smallest absolute Gasteiger partial charge is 0.281 e. The lowest BCUT2D eigenvalue weighted by Crippen LogP contribution is -2.31. The Morgan fingerprint density at radius 1 is 0.974 bits per heavy atom. The van der Waals surface area contributed by atoms with E-state index >= 15 is 0 Å². The molecule has 4 rings (SSSR count). The molecule has 9 nitrogen and oxygen atoms in total. The molecule has 0 aliphatic heterocycles. The zero-order valence-corrected chi connectivity index (χ0v) is 22.3. The van der Waals surface area contributed by atoms with Gasteiger partial charge in [0.05, 0.1) is 12.3 Å². The fraction of sp³-hybridized carbons (Fsp3) is 0.179. The first kappa shape index (κ1) is 26.6. The summed E-state index contributed by atoms with van der Waals surface area (Å²) < 4.78 is 39.4. The van der Waals surface area contributed by atoms with E-state index in [0.29, 0.717) is 18.1 Å². The SMILES string of the molecule is CCOc1ccc(-c2ccc(C(=O)NS(=O)(=O)c3cccc(N)n3)c(Oc3c(C)cc(C)cc3C)n2)cc1.[HH].[HH].[HH]. The standard InChI is InChI=1S/C28H28N4O5S.3H2/c1-5-36-21-11-9-20(10-12-21)23-14-13-22(27(33)32-38(34,35)25-8-6-7-24(29)31-25)28(30-23)37-26-18(3)15-17(2)16-19(26)4;;;/h6-16H,5H2,1-4H3,(H2,29,31)(H,32,33);3*1H. The van der Waals surface area contributed by atoms with Gasteiger partial charge >= 0.3 is 0 Å². The minimum atomic E-state index is -4.30. The molecule has 0 radical (unpaired) electrons. The number of amides is 1. The van der Waals surface area contributed by atoms with Gasteiger partial charge < -0.3 is 15.2 Å². The summed E-state index contributed by atoms with van der Waals surface area (Å²) in [6.07, 6.45) is 0. The predicted molar refractivity (Wildman–Crippen MR) is 151 cm³/mol. The molecule has 1 amide bonds. The highest BCUT2D eigenvalue weighted by Crippen LogP contribution is 2.33. The summed E-state index contributed by atoms with van der Waals surface area (Å²) in [5.74, 6) is 0.296. The van der Waals surface area contributed by atoms with Crippen molar-refractivity contribution in [2.75, 3.05) is 12.3 Å². The maximum atomic E-state index is 13.2. The number of hydrogen-bond donors (Lipinski definition) is 2. The van der Waals surface area contributed by atoms with E-state index in [0.717, 1.165) is 28.0 Å². The van der Waals surface area contributed by atoms with Crippen molar-refractivity contribution >= 4 is 21.7 Å². The number of nitrogens with zero attached hydrogens (tertiary/aromatic N) is 2. The number of carbonyl (C=O) groups excluding carboxylic acids is 1. The second-order valence-electron chi connectivity index (χ2n) is 8.67. The molecule has 202 valence electrons. The van der Waals surface area contributed by atoms with Gasteiger partial charge in [-0.05, 0) is 87.4 Å². The van der Waals surface area contributed by atoms with E-state index in [4.69, 9.17) is 15.2 Å². The number of pyridine rings is 2. The van der Waals surface area contributed by atoms with Crippen LogP contribution in [0.5, 0.6) is 17.4 Å². The summed E-state index contributed by atoms with van der Waals surface area (Å²) in [6, 6.07) is 18.5. The molecule has 2 aromatic carbocycles. The van der Waals surface area contributed by atoms with Crippen molar-refractivity contribution in [3.8, 4) is 28.6 Å². The van der Waals surface area contributed by atoms with Crippen molar-refractivity contribution in [1.29, 1.82) is 0 Å². The van der Waals surface area contributed by atoms with Gasteiger partial charge in [0.2, 0.25) is 5.88 Å². The van der Waals surface area contributed by atoms with Crippen LogP contribution >= 0.6 is 0 Å². The van der Waals surface area contributed by atoms with Gasteiger partial charge in [0.15, 0.2) is 5.03 Å². The van der Waals surface area contributed by atoms with E-state index in [9.17, 15) is 13.2 Å². The summed E-state index contributed by atoms with van der Waals surface area (Å²) in [7, 11) is -4.30. The van der Waals surface area contributed by atoms with Gasteiger partial charge in [-0.1, -0.05) is 23.8 Å². The Labute approximate surface area is 226 Å². The molecule has 10 heteroatoms. The molecule has 2 heterocycles. The summed E-state index contributed by atoms with van der Waals surface area (Å²) >= 11 is 0. The van der Waals surface area contributed by atoms with Gasteiger partial charge in [0, 0.05) is 9.84 Å². The van der Waals surface area contributed by atoms with Crippen LogP contribution in [0.1, 0.15) is 38.3 Å². The Morgan fingerprint density at radius 3 is 2.29 bits per heavy atom. The zero-order chi connectivity index (χ0) is 27.4. The summed E-state index contributed by atoms with van der Waals surface area (Å²) in [6.45, 7) is 8.20. The number of nitrogens with two attached hydrogens (primary N) is 1. The Hall–Kier alpha value is -4.44. The number of aryl methyl sites for hydroxylation is 3. The molecule has 0 unspecified atom stereocenters. The van der Waals surface area contributed by atoms with Crippen LogP contribution in [0.3, 0.4) is 0 Å². The van der Waals surface area contributed by atoms with E-state index in [1.54, 1.807) is 6.07 Å². The zero-order valence-electron chi connectivity index (χ0n) is 21.5. The van der Waals surface area contributed by atoms with Gasteiger partial charge in [-0.2, -0.15) is 8.42 Å². The van der Waals surface area contributed by atoms with E-state index in [1.165, 1.54) is 24.3 Å². The second kappa shape index (κ2) is 10.9. The third kappa shape index (κ3) is 5.92. The lowest BCUT2D eigenvalue weighted by Gasteiger charge is -2.16. The molecule has 2 aromatic heterocycles. The molecule has 0 atom stereocenters. The largest absolute Gasteiger partial charge is 0.494 e. The van der Waals surface area contributed by atoms with Gasteiger partial charge in [-0.15, -0.1) is 0 Å². The Balaban J connectivity index is 0.00000280. The highest BCUT2D eigenvalue weighted by atomic mass is 32.2. The number of rotatable bonds is 8. The molecule has 0 saturated heterocycles. The Kier molecular flexibility index (Phi) is 7.63. The second-order valence-corrected chi connectivity index (χ2v) is 10.3. The van der Waals surface area contributed by atoms with Crippen molar-refractivity contribution < 1.29 is 27.0 Å². The van der Waals surface area contributed by atoms with E-state index in [1.807, 2.05) is 68.8 Å².